The molecule has 0 spiro atoms. The second kappa shape index (κ2) is 4.13. The van der Waals surface area contributed by atoms with Crippen LogP contribution in [0.4, 0.5) is 0 Å². The van der Waals surface area contributed by atoms with Crippen LogP contribution in [0.15, 0.2) is 11.6 Å². The summed E-state index contributed by atoms with van der Waals surface area (Å²) in [5, 5.41) is 8.27. The Labute approximate surface area is 55.2 Å². The number of allylic oxidation sites excluding steroid dienone is 1. The highest BCUT2D eigenvalue weighted by atomic mass is 16.4. The molecule has 2 heteroatoms. The molecule has 0 radical (unpaired) electrons. The van der Waals surface area contributed by atoms with Gasteiger partial charge in [0.1, 0.15) is 0 Å². The van der Waals surface area contributed by atoms with Crippen molar-refractivity contribution in [1.29, 1.82) is 0 Å². The Balaban J connectivity index is 3.62. The molecule has 0 saturated heterocycles. The fraction of sp³-hybridized carbons (Fsp3) is 0.571. The zero-order valence-corrected chi connectivity index (χ0v) is 5.85. The van der Waals surface area contributed by atoms with Crippen LogP contribution in [-0.2, 0) is 4.79 Å². The molecule has 1 N–H and O–H groups in total. The van der Waals surface area contributed by atoms with E-state index < -0.39 is 5.97 Å². The van der Waals surface area contributed by atoms with Crippen molar-refractivity contribution >= 4 is 5.97 Å². The van der Waals surface area contributed by atoms with E-state index in [1.807, 2.05) is 19.9 Å². The quantitative estimate of drug-likeness (QED) is 0.588. The van der Waals surface area contributed by atoms with E-state index in [0.717, 1.165) is 12.0 Å². The average Bonchev–Trinajstić information content (AvgIpc) is 1.63. The second-order valence-electron chi connectivity index (χ2n) is 2.03. The Morgan fingerprint density at radius 1 is 1.67 bits per heavy atom. The molecule has 0 unspecified atom stereocenters. The van der Waals surface area contributed by atoms with E-state index in [2.05, 4.69) is 0 Å². The van der Waals surface area contributed by atoms with Crippen LogP contribution in [0.1, 0.15) is 26.7 Å². The third kappa shape index (κ3) is 5.07. The van der Waals surface area contributed by atoms with Crippen LogP contribution in [0.25, 0.3) is 0 Å². The van der Waals surface area contributed by atoms with Crippen molar-refractivity contribution in [2.45, 2.75) is 26.7 Å². The van der Waals surface area contributed by atoms with Crippen LogP contribution in [0.2, 0.25) is 0 Å². The molecule has 0 aliphatic carbocycles. The van der Waals surface area contributed by atoms with Crippen molar-refractivity contribution in [1.82, 2.24) is 0 Å². The van der Waals surface area contributed by atoms with Crippen molar-refractivity contribution in [3.8, 4) is 0 Å². The molecule has 52 valence electrons. The van der Waals surface area contributed by atoms with Crippen molar-refractivity contribution < 1.29 is 9.90 Å². The van der Waals surface area contributed by atoms with Gasteiger partial charge < -0.3 is 5.11 Å². The summed E-state index contributed by atoms with van der Waals surface area (Å²) in [6, 6.07) is 0. The van der Waals surface area contributed by atoms with E-state index in [9.17, 15) is 4.79 Å². The van der Waals surface area contributed by atoms with Gasteiger partial charge in [-0.15, -0.1) is 0 Å². The predicted octanol–water partition coefficient (Wildman–Crippen LogP) is 1.82. The normalized spacial score (nSPS) is 11.6. The highest BCUT2D eigenvalue weighted by molar-refractivity contribution is 5.69. The Morgan fingerprint density at radius 3 is 2.56 bits per heavy atom. The minimum Gasteiger partial charge on any atom is -0.481 e. The molecule has 0 saturated carbocycles. The summed E-state index contributed by atoms with van der Waals surface area (Å²) < 4.78 is 0. The Morgan fingerprint density at radius 2 is 2.22 bits per heavy atom. The van der Waals surface area contributed by atoms with Gasteiger partial charge in [-0.1, -0.05) is 18.6 Å². The van der Waals surface area contributed by atoms with Crippen molar-refractivity contribution in [2.75, 3.05) is 0 Å². The van der Waals surface area contributed by atoms with Gasteiger partial charge in [0.2, 0.25) is 0 Å². The van der Waals surface area contributed by atoms with Gasteiger partial charge in [-0.25, -0.2) is 0 Å². The lowest BCUT2D eigenvalue weighted by Gasteiger charge is -1.92. The van der Waals surface area contributed by atoms with Crippen LogP contribution in [0.3, 0.4) is 0 Å². The summed E-state index contributed by atoms with van der Waals surface area (Å²) in [6.45, 7) is 3.82. The van der Waals surface area contributed by atoms with Crippen molar-refractivity contribution in [3.05, 3.63) is 11.6 Å². The molecule has 0 heterocycles. The summed E-state index contributed by atoms with van der Waals surface area (Å²) in [5.41, 5.74) is 0.935. The van der Waals surface area contributed by atoms with Gasteiger partial charge in [-0.2, -0.15) is 0 Å². The van der Waals surface area contributed by atoms with Crippen molar-refractivity contribution in [3.63, 3.8) is 0 Å². The van der Waals surface area contributed by atoms with E-state index in [0.29, 0.717) is 0 Å². The van der Waals surface area contributed by atoms with Crippen LogP contribution in [0, 0.1) is 0 Å². The number of aliphatic carboxylic acids is 1. The molecule has 0 atom stereocenters. The average molecular weight is 128 g/mol. The number of rotatable bonds is 3. The third-order valence-corrected chi connectivity index (χ3v) is 0.983. The van der Waals surface area contributed by atoms with Gasteiger partial charge in [0.25, 0.3) is 0 Å². The zero-order valence-electron chi connectivity index (χ0n) is 5.85. The summed E-state index contributed by atoms with van der Waals surface area (Å²) in [6.07, 6.45) is 3.01. The first-order valence-electron chi connectivity index (χ1n) is 3.04. The van der Waals surface area contributed by atoms with Crippen molar-refractivity contribution in [2.24, 2.45) is 0 Å². The molecular weight excluding hydrogens is 116 g/mol. The predicted molar refractivity (Wildman–Crippen MR) is 36.3 cm³/mol. The number of carboxylic acids is 1. The molecule has 0 fully saturated rings. The molecule has 2 nitrogen and oxygen atoms in total. The summed E-state index contributed by atoms with van der Waals surface area (Å²) >= 11 is 0. The van der Waals surface area contributed by atoms with Gasteiger partial charge in [-0.3, -0.25) is 4.79 Å². The molecule has 0 amide bonds. The molecule has 0 bridgehead atoms. The maximum absolute atomic E-state index is 10.0. The smallest absolute Gasteiger partial charge is 0.307 e. The largest absolute Gasteiger partial charge is 0.481 e. The lowest BCUT2D eigenvalue weighted by atomic mass is 10.2. The molecule has 0 rings (SSSR count). The zero-order chi connectivity index (χ0) is 7.28. The van der Waals surface area contributed by atoms with Crippen LogP contribution in [-0.4, -0.2) is 11.1 Å². The SMILES string of the molecule is CCC=C(C)CC(=O)O. The summed E-state index contributed by atoms with van der Waals surface area (Å²) in [7, 11) is 0. The maximum atomic E-state index is 10.0. The molecule has 0 aromatic rings. The van der Waals surface area contributed by atoms with Gasteiger partial charge >= 0.3 is 5.97 Å². The molecule has 0 aromatic heterocycles. The van der Waals surface area contributed by atoms with Crippen LogP contribution in [0.5, 0.6) is 0 Å². The number of carboxylic acid groups (broad SMARTS) is 1. The van der Waals surface area contributed by atoms with E-state index in [1.165, 1.54) is 0 Å². The van der Waals surface area contributed by atoms with Crippen LogP contribution < -0.4 is 0 Å². The molecule has 0 aliphatic heterocycles. The minimum absolute atomic E-state index is 0.174. The topological polar surface area (TPSA) is 37.3 Å². The summed E-state index contributed by atoms with van der Waals surface area (Å²) in [5.74, 6) is -0.753. The highest BCUT2D eigenvalue weighted by Crippen LogP contribution is 1.99. The third-order valence-electron chi connectivity index (χ3n) is 0.983. The second-order valence-corrected chi connectivity index (χ2v) is 2.03. The lowest BCUT2D eigenvalue weighted by molar-refractivity contribution is -0.136. The number of carbonyl (C=O) groups is 1. The maximum Gasteiger partial charge on any atom is 0.307 e. The fourth-order valence-corrected chi connectivity index (χ4v) is 0.659. The molecule has 0 aliphatic rings. The van der Waals surface area contributed by atoms with E-state index >= 15 is 0 Å². The van der Waals surface area contributed by atoms with Gasteiger partial charge in [-0.05, 0) is 13.3 Å². The minimum atomic E-state index is -0.753. The monoisotopic (exact) mass is 128 g/mol. The Hall–Kier alpha value is -0.790. The number of hydrogen-bond donors (Lipinski definition) is 1. The first-order chi connectivity index (χ1) is 4.16. The van der Waals surface area contributed by atoms with E-state index in [4.69, 9.17) is 5.11 Å². The fourth-order valence-electron chi connectivity index (χ4n) is 0.659. The molecular formula is C7H12O2. The van der Waals surface area contributed by atoms with E-state index in [-0.39, 0.29) is 6.42 Å². The Bertz CT molecular complexity index is 125. The van der Waals surface area contributed by atoms with Gasteiger partial charge in [0.15, 0.2) is 0 Å². The highest BCUT2D eigenvalue weighted by Gasteiger charge is 1.95. The van der Waals surface area contributed by atoms with Crippen LogP contribution >= 0.6 is 0 Å². The first-order valence-corrected chi connectivity index (χ1v) is 3.04. The number of hydrogen-bond acceptors (Lipinski definition) is 1. The summed E-state index contributed by atoms with van der Waals surface area (Å²) in [4.78, 5) is 10.0. The standard InChI is InChI=1S/C7H12O2/c1-3-4-6(2)5-7(8)9/h4H,3,5H2,1-2H3,(H,8,9). The Kier molecular flexibility index (Phi) is 3.76. The first kappa shape index (κ1) is 8.21. The van der Waals surface area contributed by atoms with Gasteiger partial charge in [0, 0.05) is 0 Å². The van der Waals surface area contributed by atoms with Gasteiger partial charge in [0.05, 0.1) is 6.42 Å². The van der Waals surface area contributed by atoms with E-state index in [1.54, 1.807) is 0 Å². The molecule has 9 heavy (non-hydrogen) atoms. The lowest BCUT2D eigenvalue weighted by Crippen LogP contribution is -1.94. The molecule has 0 aromatic carbocycles.